The molecule has 3 aromatic rings. The summed E-state index contributed by atoms with van der Waals surface area (Å²) in [6, 6.07) is 18.0. The van der Waals surface area contributed by atoms with Crippen molar-refractivity contribution in [2.24, 2.45) is 0 Å². The number of non-ortho nitro benzene ring substituents is 1. The van der Waals surface area contributed by atoms with E-state index < -0.39 is 4.92 Å². The molecule has 0 saturated heterocycles. The van der Waals surface area contributed by atoms with Crippen molar-refractivity contribution < 1.29 is 9.66 Å². The van der Waals surface area contributed by atoms with Gasteiger partial charge < -0.3 is 4.74 Å². The predicted molar refractivity (Wildman–Crippen MR) is 89.8 cm³/mol. The number of nitrogens with zero attached hydrogens (tertiary/aromatic N) is 1. The molecule has 3 rings (SSSR count). The van der Waals surface area contributed by atoms with Gasteiger partial charge in [-0.05, 0) is 51.6 Å². The Labute approximate surface area is 134 Å². The molecule has 3 aromatic carbocycles. The summed E-state index contributed by atoms with van der Waals surface area (Å²) in [5.41, 5.74) is 0.0514. The van der Waals surface area contributed by atoms with Crippen LogP contribution in [-0.2, 0) is 0 Å². The quantitative estimate of drug-likeness (QED) is 0.353. The van der Waals surface area contributed by atoms with Crippen LogP contribution in [0.2, 0.25) is 0 Å². The number of ether oxygens (including phenoxy) is 1. The van der Waals surface area contributed by atoms with E-state index in [-0.39, 0.29) is 5.69 Å². The summed E-state index contributed by atoms with van der Waals surface area (Å²) in [4.78, 5) is 10.2. The molecule has 0 saturated carbocycles. The van der Waals surface area contributed by atoms with Gasteiger partial charge in [-0.1, -0.05) is 30.3 Å². The molecule has 0 N–H and O–H groups in total. The molecule has 0 amide bonds. The van der Waals surface area contributed by atoms with Gasteiger partial charge in [0.15, 0.2) is 0 Å². The highest BCUT2D eigenvalue weighted by Gasteiger charge is 2.09. The summed E-state index contributed by atoms with van der Waals surface area (Å²) in [7, 11) is 0. The molecule has 0 aliphatic rings. The van der Waals surface area contributed by atoms with Gasteiger partial charge in [-0.25, -0.2) is 0 Å². The van der Waals surface area contributed by atoms with Gasteiger partial charge in [0.2, 0.25) is 0 Å². The summed E-state index contributed by atoms with van der Waals surface area (Å²) in [5.74, 6) is 1.32. The highest BCUT2D eigenvalue weighted by Crippen LogP contribution is 2.33. The first-order chi connectivity index (χ1) is 10.1. The van der Waals surface area contributed by atoms with E-state index in [1.165, 1.54) is 12.1 Å². The zero-order valence-corrected chi connectivity index (χ0v) is 13.0. The van der Waals surface area contributed by atoms with Crippen LogP contribution in [0.4, 0.5) is 5.69 Å². The lowest BCUT2D eigenvalue weighted by Crippen LogP contribution is -1.90. The van der Waals surface area contributed by atoms with E-state index in [9.17, 15) is 10.1 Å². The van der Waals surface area contributed by atoms with Crippen LogP contribution < -0.4 is 4.74 Å². The molecule has 0 radical (unpaired) electrons. The first-order valence-corrected chi connectivity index (χ1v) is 7.32. The second-order valence-corrected chi connectivity index (χ2v) is 5.53. The van der Waals surface area contributed by atoms with E-state index in [2.05, 4.69) is 22.6 Å². The Kier molecular flexibility index (Phi) is 3.74. The number of hydrogen-bond donors (Lipinski definition) is 0. The highest BCUT2D eigenvalue weighted by molar-refractivity contribution is 14.1. The molecule has 0 aliphatic heterocycles. The molecule has 21 heavy (non-hydrogen) atoms. The molecular weight excluding hydrogens is 381 g/mol. The number of nitro benzene ring substituents is 1. The minimum absolute atomic E-state index is 0.0514. The van der Waals surface area contributed by atoms with E-state index in [1.54, 1.807) is 12.1 Å². The monoisotopic (exact) mass is 391 g/mol. The molecule has 5 heteroatoms. The zero-order valence-electron chi connectivity index (χ0n) is 10.8. The van der Waals surface area contributed by atoms with Crippen molar-refractivity contribution in [3.63, 3.8) is 0 Å². The predicted octanol–water partition coefficient (Wildman–Crippen LogP) is 5.14. The summed E-state index contributed by atoms with van der Waals surface area (Å²) in [6.45, 7) is 0. The summed E-state index contributed by atoms with van der Waals surface area (Å²) in [6.07, 6.45) is 0. The Hall–Kier alpha value is -2.15. The van der Waals surface area contributed by atoms with Gasteiger partial charge in [-0.3, -0.25) is 10.1 Å². The van der Waals surface area contributed by atoms with E-state index in [0.717, 1.165) is 20.1 Å². The molecule has 0 spiro atoms. The van der Waals surface area contributed by atoms with Crippen molar-refractivity contribution in [1.29, 1.82) is 0 Å². The fraction of sp³-hybridized carbons (Fsp3) is 0. The lowest BCUT2D eigenvalue weighted by atomic mass is 10.1. The molecule has 0 aromatic heterocycles. The minimum Gasteiger partial charge on any atom is -0.456 e. The molecule has 4 nitrogen and oxygen atoms in total. The average molecular weight is 391 g/mol. The number of rotatable bonds is 3. The van der Waals surface area contributed by atoms with Crippen LogP contribution in [0.5, 0.6) is 11.5 Å². The van der Waals surface area contributed by atoms with Gasteiger partial charge in [0, 0.05) is 12.1 Å². The highest BCUT2D eigenvalue weighted by atomic mass is 127. The molecule has 0 aliphatic carbocycles. The fourth-order valence-corrected chi connectivity index (χ4v) is 2.84. The molecule has 0 atom stereocenters. The van der Waals surface area contributed by atoms with E-state index >= 15 is 0 Å². The van der Waals surface area contributed by atoms with E-state index in [1.807, 2.05) is 36.4 Å². The lowest BCUT2D eigenvalue weighted by molar-refractivity contribution is -0.384. The second-order valence-electron chi connectivity index (χ2n) is 4.45. The van der Waals surface area contributed by atoms with Crippen molar-refractivity contribution >= 4 is 39.1 Å². The standard InChI is InChI=1S/C16H10INO3/c17-16-14-4-2-1-3-11(14)5-10-15(16)21-13-8-6-12(7-9-13)18(19)20/h1-10H. The van der Waals surface area contributed by atoms with Crippen LogP contribution in [0.1, 0.15) is 0 Å². The minimum atomic E-state index is -0.427. The lowest BCUT2D eigenvalue weighted by Gasteiger charge is -2.10. The van der Waals surface area contributed by atoms with Crippen LogP contribution >= 0.6 is 22.6 Å². The number of halogens is 1. The Morgan fingerprint density at radius 2 is 1.67 bits per heavy atom. The maximum atomic E-state index is 10.6. The fourth-order valence-electron chi connectivity index (χ4n) is 2.06. The van der Waals surface area contributed by atoms with Crippen molar-refractivity contribution in [1.82, 2.24) is 0 Å². The van der Waals surface area contributed by atoms with Crippen LogP contribution in [0.15, 0.2) is 60.7 Å². The Morgan fingerprint density at radius 3 is 2.38 bits per heavy atom. The van der Waals surface area contributed by atoms with Crippen LogP contribution in [0.3, 0.4) is 0 Å². The van der Waals surface area contributed by atoms with E-state index in [4.69, 9.17) is 4.74 Å². The first-order valence-electron chi connectivity index (χ1n) is 6.25. The second kappa shape index (κ2) is 5.69. The van der Waals surface area contributed by atoms with Crippen molar-refractivity contribution in [2.45, 2.75) is 0 Å². The van der Waals surface area contributed by atoms with Gasteiger partial charge in [0.1, 0.15) is 11.5 Å². The topological polar surface area (TPSA) is 52.4 Å². The molecule has 0 unspecified atom stereocenters. The number of nitro groups is 1. The Morgan fingerprint density at radius 1 is 0.952 bits per heavy atom. The summed E-state index contributed by atoms with van der Waals surface area (Å²) >= 11 is 2.25. The Bertz CT molecular complexity index is 815. The molecule has 0 heterocycles. The van der Waals surface area contributed by atoms with Crippen molar-refractivity contribution in [2.75, 3.05) is 0 Å². The van der Waals surface area contributed by atoms with Gasteiger partial charge in [0.05, 0.1) is 8.49 Å². The van der Waals surface area contributed by atoms with Crippen LogP contribution in [0, 0.1) is 13.7 Å². The first kappa shape index (κ1) is 13.8. The summed E-state index contributed by atoms with van der Waals surface area (Å²) < 4.78 is 6.84. The average Bonchev–Trinajstić information content (AvgIpc) is 2.51. The zero-order chi connectivity index (χ0) is 14.8. The number of benzene rings is 3. The summed E-state index contributed by atoms with van der Waals surface area (Å²) in [5, 5.41) is 12.9. The van der Waals surface area contributed by atoms with E-state index in [0.29, 0.717) is 5.75 Å². The molecule has 0 bridgehead atoms. The maximum Gasteiger partial charge on any atom is 0.269 e. The third-order valence-corrected chi connectivity index (χ3v) is 4.22. The van der Waals surface area contributed by atoms with Gasteiger partial charge in [-0.15, -0.1) is 0 Å². The molecular formula is C16H10INO3. The molecule has 104 valence electrons. The largest absolute Gasteiger partial charge is 0.456 e. The normalized spacial score (nSPS) is 10.5. The maximum absolute atomic E-state index is 10.6. The van der Waals surface area contributed by atoms with Gasteiger partial charge in [-0.2, -0.15) is 0 Å². The smallest absolute Gasteiger partial charge is 0.269 e. The van der Waals surface area contributed by atoms with Gasteiger partial charge in [0.25, 0.3) is 5.69 Å². The number of fused-ring (bicyclic) bond motifs is 1. The van der Waals surface area contributed by atoms with Gasteiger partial charge >= 0.3 is 0 Å². The van der Waals surface area contributed by atoms with Crippen LogP contribution in [-0.4, -0.2) is 4.92 Å². The Balaban J connectivity index is 1.94. The van der Waals surface area contributed by atoms with Crippen molar-refractivity contribution in [3.8, 4) is 11.5 Å². The number of hydrogen-bond acceptors (Lipinski definition) is 3. The molecule has 0 fully saturated rings. The van der Waals surface area contributed by atoms with Crippen molar-refractivity contribution in [3.05, 3.63) is 74.3 Å². The third kappa shape index (κ3) is 2.82. The van der Waals surface area contributed by atoms with Crippen LogP contribution in [0.25, 0.3) is 10.8 Å². The SMILES string of the molecule is O=[N+]([O-])c1ccc(Oc2ccc3ccccc3c2I)cc1. The third-order valence-electron chi connectivity index (χ3n) is 3.10.